The number of hydrogen-bond acceptors (Lipinski definition) is 1. The molecule has 0 radical (unpaired) electrons. The van der Waals surface area contributed by atoms with Crippen molar-refractivity contribution < 1.29 is 9.48 Å². The van der Waals surface area contributed by atoms with Crippen molar-refractivity contribution in [2.75, 3.05) is 7.05 Å². The number of hydrazone groups is 1. The van der Waals surface area contributed by atoms with Gasteiger partial charge < -0.3 is 0 Å². The van der Waals surface area contributed by atoms with Gasteiger partial charge >= 0.3 is 0 Å². The Balaban J connectivity index is 1.76. The Morgan fingerprint density at radius 1 is 1.21 bits per heavy atom. The zero-order chi connectivity index (χ0) is 13.0. The highest BCUT2D eigenvalue weighted by Crippen LogP contribution is 2.52. The second-order valence-electron chi connectivity index (χ2n) is 6.13. The number of hydrogen-bond donors (Lipinski definition) is 0. The van der Waals surface area contributed by atoms with Crippen molar-refractivity contribution >= 4 is 12.1 Å². The van der Waals surface area contributed by atoms with Crippen LogP contribution in [0, 0.1) is 17.8 Å². The molecule has 1 heterocycles. The van der Waals surface area contributed by atoms with Crippen molar-refractivity contribution in [3.05, 3.63) is 35.9 Å². The molecule has 3 aliphatic rings. The third-order valence-electron chi connectivity index (χ3n) is 5.21. The summed E-state index contributed by atoms with van der Waals surface area (Å²) in [6, 6.07) is 10.7. The summed E-state index contributed by atoms with van der Waals surface area (Å²) in [5.74, 6) is 1.93. The van der Waals surface area contributed by atoms with Crippen LogP contribution in [0.3, 0.4) is 0 Å². The first-order chi connectivity index (χ1) is 9.25. The minimum Gasteiger partial charge on any atom is -0.268 e. The van der Waals surface area contributed by atoms with Gasteiger partial charge in [0, 0.05) is 11.5 Å². The van der Waals surface area contributed by atoms with E-state index in [9.17, 15) is 4.79 Å². The zero-order valence-corrected chi connectivity index (χ0v) is 11.2. The lowest BCUT2D eigenvalue weighted by atomic mass is 9.85. The molecule has 1 unspecified atom stereocenters. The summed E-state index contributed by atoms with van der Waals surface area (Å²) in [7, 11) is 1.92. The van der Waals surface area contributed by atoms with Gasteiger partial charge in [-0.3, -0.25) is 4.79 Å². The standard InChI is InChI=1S/C16H19N2O/c1-17-16(19)14-12-7-8-13(9-12)15(14)18(17)10-11-5-3-2-4-6-11/h2-6,10,12-15H,7-9H2,1H3/q+1/b18-10-/t12-,13+,14?,15-/m1/s1. The third kappa shape index (κ3) is 1.50. The summed E-state index contributed by atoms with van der Waals surface area (Å²) in [6.07, 6.45) is 5.95. The van der Waals surface area contributed by atoms with Gasteiger partial charge in [0.25, 0.3) is 5.91 Å². The number of nitrogens with zero attached hydrogens (tertiary/aromatic N) is 2. The molecule has 4 atom stereocenters. The molecule has 1 aromatic rings. The van der Waals surface area contributed by atoms with Gasteiger partial charge in [0.1, 0.15) is 5.92 Å². The topological polar surface area (TPSA) is 23.3 Å². The lowest BCUT2D eigenvalue weighted by Crippen LogP contribution is -2.35. The zero-order valence-electron chi connectivity index (χ0n) is 11.2. The first kappa shape index (κ1) is 11.2. The maximum absolute atomic E-state index is 12.4. The SMILES string of the molecule is CN1C(=O)C2[C@@H]3CC[C@@H](C3)[C@H]2/[N+]1=C/c1ccccc1. The molecule has 4 rings (SSSR count). The second kappa shape index (κ2) is 3.92. The van der Waals surface area contributed by atoms with Crippen LogP contribution in [0.25, 0.3) is 0 Å². The van der Waals surface area contributed by atoms with Crippen LogP contribution in [0.2, 0.25) is 0 Å². The summed E-state index contributed by atoms with van der Waals surface area (Å²) in [6.45, 7) is 0. The Kier molecular flexibility index (Phi) is 2.32. The van der Waals surface area contributed by atoms with Crippen LogP contribution in [0.1, 0.15) is 24.8 Å². The van der Waals surface area contributed by atoms with Gasteiger partial charge in [0.2, 0.25) is 6.21 Å². The molecule has 0 spiro atoms. The number of carbonyl (C=O) groups excluding carboxylic acids is 1. The van der Waals surface area contributed by atoms with Gasteiger partial charge in [-0.15, -0.1) is 9.69 Å². The van der Waals surface area contributed by atoms with E-state index >= 15 is 0 Å². The van der Waals surface area contributed by atoms with Crippen LogP contribution in [0.4, 0.5) is 0 Å². The normalized spacial score (nSPS) is 38.3. The van der Waals surface area contributed by atoms with Gasteiger partial charge in [-0.1, -0.05) is 18.2 Å². The molecule has 19 heavy (non-hydrogen) atoms. The summed E-state index contributed by atoms with van der Waals surface area (Å²) >= 11 is 0. The molecule has 2 saturated carbocycles. The van der Waals surface area contributed by atoms with E-state index in [-0.39, 0.29) is 5.92 Å². The third-order valence-corrected chi connectivity index (χ3v) is 5.21. The van der Waals surface area contributed by atoms with E-state index in [0.717, 1.165) is 0 Å². The summed E-state index contributed by atoms with van der Waals surface area (Å²) in [4.78, 5) is 12.4. The van der Waals surface area contributed by atoms with E-state index < -0.39 is 0 Å². The Morgan fingerprint density at radius 2 is 1.95 bits per heavy atom. The average molecular weight is 255 g/mol. The summed E-state index contributed by atoms with van der Waals surface area (Å²) in [5, 5.41) is 1.84. The Hall–Kier alpha value is -1.64. The molecule has 1 aliphatic heterocycles. The minimum absolute atomic E-state index is 0.253. The molecule has 0 aromatic heterocycles. The molecule has 2 aliphatic carbocycles. The smallest absolute Gasteiger partial charge is 0.268 e. The number of rotatable bonds is 1. The van der Waals surface area contributed by atoms with Crippen molar-refractivity contribution in [2.45, 2.75) is 25.3 Å². The van der Waals surface area contributed by atoms with Crippen molar-refractivity contribution in [3.8, 4) is 0 Å². The first-order valence-corrected chi connectivity index (χ1v) is 7.21. The number of hydrazine groups is 1. The van der Waals surface area contributed by atoms with Gasteiger partial charge in [0.05, 0.1) is 7.05 Å². The lowest BCUT2D eigenvalue weighted by Gasteiger charge is -2.17. The fourth-order valence-electron chi connectivity index (χ4n) is 4.38. The highest BCUT2D eigenvalue weighted by Gasteiger charge is 2.63. The Labute approximate surface area is 113 Å². The van der Waals surface area contributed by atoms with E-state index in [0.29, 0.717) is 23.8 Å². The molecule has 3 fully saturated rings. The molecular formula is C16H19N2O+. The van der Waals surface area contributed by atoms with Crippen LogP contribution in [-0.2, 0) is 4.79 Å². The number of amides is 1. The van der Waals surface area contributed by atoms with Crippen LogP contribution in [-0.4, -0.2) is 34.9 Å². The molecule has 2 bridgehead atoms. The fraction of sp³-hybridized carbons (Fsp3) is 0.500. The van der Waals surface area contributed by atoms with Crippen molar-refractivity contribution in [1.82, 2.24) is 5.01 Å². The van der Waals surface area contributed by atoms with E-state index in [1.807, 2.05) is 30.3 Å². The van der Waals surface area contributed by atoms with E-state index in [1.54, 1.807) is 0 Å². The largest absolute Gasteiger partial charge is 0.287 e. The predicted octanol–water partition coefficient (Wildman–Crippen LogP) is 1.92. The van der Waals surface area contributed by atoms with Crippen LogP contribution >= 0.6 is 0 Å². The fourth-order valence-corrected chi connectivity index (χ4v) is 4.38. The maximum Gasteiger partial charge on any atom is 0.287 e. The first-order valence-electron chi connectivity index (χ1n) is 7.21. The number of fused-ring (bicyclic) bond motifs is 5. The van der Waals surface area contributed by atoms with E-state index in [2.05, 4.69) is 23.0 Å². The predicted molar refractivity (Wildman–Crippen MR) is 72.7 cm³/mol. The van der Waals surface area contributed by atoms with Gasteiger partial charge in [0.15, 0.2) is 6.04 Å². The highest BCUT2D eigenvalue weighted by atomic mass is 16.2. The van der Waals surface area contributed by atoms with Crippen molar-refractivity contribution in [1.29, 1.82) is 0 Å². The molecule has 3 heteroatoms. The average Bonchev–Trinajstić information content (AvgIpc) is 3.10. The molecule has 1 saturated heterocycles. The quantitative estimate of drug-likeness (QED) is 0.703. The Bertz CT molecular complexity index is 551. The minimum atomic E-state index is 0.253. The maximum atomic E-state index is 12.4. The van der Waals surface area contributed by atoms with Gasteiger partial charge in [-0.25, -0.2) is 0 Å². The molecular weight excluding hydrogens is 236 g/mol. The van der Waals surface area contributed by atoms with Crippen molar-refractivity contribution in [2.24, 2.45) is 17.8 Å². The molecule has 0 N–H and O–H groups in total. The number of benzene rings is 1. The van der Waals surface area contributed by atoms with E-state index in [4.69, 9.17) is 0 Å². The highest BCUT2D eigenvalue weighted by molar-refractivity contribution is 5.83. The van der Waals surface area contributed by atoms with Gasteiger partial charge in [-0.2, -0.15) is 0 Å². The molecule has 3 nitrogen and oxygen atoms in total. The van der Waals surface area contributed by atoms with Crippen LogP contribution in [0.15, 0.2) is 30.3 Å². The molecule has 98 valence electrons. The van der Waals surface area contributed by atoms with Gasteiger partial charge in [-0.05, 0) is 37.3 Å². The van der Waals surface area contributed by atoms with Crippen molar-refractivity contribution in [3.63, 3.8) is 0 Å². The lowest BCUT2D eigenvalue weighted by molar-refractivity contribution is -0.680. The molecule has 1 amide bonds. The Morgan fingerprint density at radius 3 is 2.74 bits per heavy atom. The summed E-state index contributed by atoms with van der Waals surface area (Å²) < 4.78 is 2.20. The van der Waals surface area contributed by atoms with E-state index in [1.165, 1.54) is 24.8 Å². The monoisotopic (exact) mass is 255 g/mol. The van der Waals surface area contributed by atoms with Crippen LogP contribution < -0.4 is 0 Å². The summed E-state index contributed by atoms with van der Waals surface area (Å²) in [5.41, 5.74) is 1.17. The van der Waals surface area contributed by atoms with Crippen LogP contribution in [0.5, 0.6) is 0 Å². The molecule has 1 aromatic carbocycles. The number of carbonyl (C=O) groups is 1. The second-order valence-corrected chi connectivity index (χ2v) is 6.13.